The van der Waals surface area contributed by atoms with Crippen LogP contribution in [0, 0.1) is 11.3 Å². The molecule has 14 heteroatoms. The first-order valence-corrected chi connectivity index (χ1v) is 11.4. The summed E-state index contributed by atoms with van der Waals surface area (Å²) in [6.45, 7) is -1.96. The average Bonchev–Trinajstić information content (AvgIpc) is 2.93. The Kier molecular flexibility index (Phi) is 7.89. The number of nitrogens with one attached hydrogen (secondary N) is 1. The van der Waals surface area contributed by atoms with E-state index in [-0.39, 0.29) is 36.1 Å². The summed E-state index contributed by atoms with van der Waals surface area (Å²) in [5, 5.41) is 31.0. The predicted octanol–water partition coefficient (Wildman–Crippen LogP) is 1.53. The molecule has 2 atom stereocenters. The summed E-state index contributed by atoms with van der Waals surface area (Å²) >= 11 is 0. The maximum atomic E-state index is 14.8. The molecule has 0 spiro atoms. The van der Waals surface area contributed by atoms with Gasteiger partial charge in [-0.25, -0.2) is 23.7 Å². The summed E-state index contributed by atoms with van der Waals surface area (Å²) in [6, 6.07) is 9.59. The number of aliphatic hydroxyl groups is 2. The summed E-state index contributed by atoms with van der Waals surface area (Å²) in [6.07, 6.45) is -0.791. The Labute approximate surface area is 215 Å². The Bertz CT molecular complexity index is 1350. The molecule has 0 saturated carbocycles. The van der Waals surface area contributed by atoms with Crippen molar-refractivity contribution < 1.29 is 33.3 Å². The highest BCUT2D eigenvalue weighted by atomic mass is 19.3. The highest BCUT2D eigenvalue weighted by Crippen LogP contribution is 2.34. The van der Waals surface area contributed by atoms with Crippen LogP contribution >= 0.6 is 0 Å². The van der Waals surface area contributed by atoms with Crippen molar-refractivity contribution in [2.24, 2.45) is 0 Å². The third-order valence-electron chi connectivity index (χ3n) is 5.70. The van der Waals surface area contributed by atoms with Gasteiger partial charge in [0.15, 0.2) is 18.0 Å². The van der Waals surface area contributed by atoms with Gasteiger partial charge in [0.05, 0.1) is 25.8 Å². The molecule has 38 heavy (non-hydrogen) atoms. The highest BCUT2D eigenvalue weighted by molar-refractivity contribution is 5.81. The normalized spacial score (nSPS) is 17.3. The molecule has 2 unspecified atom stereocenters. The molecule has 0 aliphatic carbocycles. The summed E-state index contributed by atoms with van der Waals surface area (Å²) in [7, 11) is 1.49. The van der Waals surface area contributed by atoms with Gasteiger partial charge in [-0.1, -0.05) is 0 Å². The van der Waals surface area contributed by atoms with Crippen molar-refractivity contribution in [3.05, 3.63) is 48.4 Å². The number of nitrogens with zero attached hydrogens (tertiary/aromatic N) is 6. The van der Waals surface area contributed by atoms with Crippen molar-refractivity contribution in [3.8, 4) is 29.1 Å². The van der Waals surface area contributed by atoms with Crippen LogP contribution < -0.4 is 14.8 Å². The van der Waals surface area contributed by atoms with Gasteiger partial charge in [-0.3, -0.25) is 4.79 Å². The number of ether oxygens (including phenoxy) is 2. The number of methoxy groups -OCH3 is 1. The van der Waals surface area contributed by atoms with E-state index >= 15 is 0 Å². The Balaban J connectivity index is 1.50. The zero-order valence-corrected chi connectivity index (χ0v) is 20.1. The molecule has 0 bridgehead atoms. The standard InChI is InChI=1S/C24H23F2N7O5/c1-37-20-9-16(4-6-28-20)31-23-30-13-29-21(32-23)14-2-3-18(15(8-14)10-27)38-19-5-7-33(12-24(19,25)26)22(36)17(35)11-34/h2-4,6,8-9,13,17,19,34-35H,5,7,11-12H2,1H3,(H,28,29,30,31,32). The molecule has 1 amide bonds. The maximum Gasteiger partial charge on any atom is 0.301 e. The fourth-order valence-corrected chi connectivity index (χ4v) is 3.78. The molecule has 12 nitrogen and oxygen atoms in total. The quantitative estimate of drug-likeness (QED) is 0.389. The van der Waals surface area contributed by atoms with E-state index in [0.29, 0.717) is 17.1 Å². The number of benzene rings is 1. The minimum Gasteiger partial charge on any atom is -0.483 e. The maximum absolute atomic E-state index is 14.8. The van der Waals surface area contributed by atoms with Gasteiger partial charge in [-0.05, 0) is 24.3 Å². The van der Waals surface area contributed by atoms with Gasteiger partial charge in [0.1, 0.15) is 18.1 Å². The van der Waals surface area contributed by atoms with E-state index in [1.54, 1.807) is 18.3 Å². The molecule has 4 rings (SSSR count). The van der Waals surface area contributed by atoms with Crippen molar-refractivity contribution in [3.63, 3.8) is 0 Å². The number of aromatic nitrogens is 4. The van der Waals surface area contributed by atoms with Crippen molar-refractivity contribution in [1.29, 1.82) is 5.26 Å². The molecular formula is C24H23F2N7O5. The number of anilines is 2. The lowest BCUT2D eigenvalue weighted by Crippen LogP contribution is -2.57. The van der Waals surface area contributed by atoms with Crippen molar-refractivity contribution in [2.45, 2.75) is 24.6 Å². The van der Waals surface area contributed by atoms with Gasteiger partial charge in [0.25, 0.3) is 5.91 Å². The number of alkyl halides is 2. The van der Waals surface area contributed by atoms with Crippen molar-refractivity contribution in [2.75, 3.05) is 32.1 Å². The second-order valence-corrected chi connectivity index (χ2v) is 8.28. The number of amides is 1. The van der Waals surface area contributed by atoms with Crippen LogP contribution in [0.15, 0.2) is 42.9 Å². The van der Waals surface area contributed by atoms with E-state index in [2.05, 4.69) is 25.3 Å². The molecule has 0 radical (unpaired) electrons. The van der Waals surface area contributed by atoms with Crippen LogP contribution in [0.3, 0.4) is 0 Å². The summed E-state index contributed by atoms with van der Waals surface area (Å²) < 4.78 is 40.2. The molecule has 3 heterocycles. The van der Waals surface area contributed by atoms with Gasteiger partial charge in [-0.2, -0.15) is 10.2 Å². The summed E-state index contributed by atoms with van der Waals surface area (Å²) in [4.78, 5) is 29.3. The van der Waals surface area contributed by atoms with Gasteiger partial charge in [0, 0.05) is 36.5 Å². The van der Waals surface area contributed by atoms with Crippen LogP contribution in [0.4, 0.5) is 20.4 Å². The molecule has 3 aromatic rings. The molecule has 1 fully saturated rings. The minimum atomic E-state index is -3.46. The smallest absolute Gasteiger partial charge is 0.301 e. The lowest BCUT2D eigenvalue weighted by atomic mass is 10.0. The molecule has 3 N–H and O–H groups in total. The number of hydrogen-bond donors (Lipinski definition) is 3. The number of carbonyl (C=O) groups excluding carboxylic acids is 1. The summed E-state index contributed by atoms with van der Waals surface area (Å²) in [5.41, 5.74) is 1.04. The Morgan fingerprint density at radius 2 is 2.13 bits per heavy atom. The molecule has 198 valence electrons. The Morgan fingerprint density at radius 3 is 2.84 bits per heavy atom. The zero-order valence-electron chi connectivity index (χ0n) is 20.1. The van der Waals surface area contributed by atoms with E-state index in [4.69, 9.17) is 14.6 Å². The lowest BCUT2D eigenvalue weighted by Gasteiger charge is -2.38. The Hall–Kier alpha value is -4.48. The van der Waals surface area contributed by atoms with Crippen LogP contribution in [0.1, 0.15) is 12.0 Å². The first-order valence-electron chi connectivity index (χ1n) is 11.4. The summed E-state index contributed by atoms with van der Waals surface area (Å²) in [5.74, 6) is -3.67. The van der Waals surface area contributed by atoms with Crippen molar-refractivity contribution in [1.82, 2.24) is 24.8 Å². The van der Waals surface area contributed by atoms with Crippen LogP contribution in [-0.2, 0) is 4.79 Å². The van der Waals surface area contributed by atoms with Crippen LogP contribution in [0.5, 0.6) is 11.6 Å². The molecule has 2 aromatic heterocycles. The number of aliphatic hydroxyl groups excluding tert-OH is 2. The average molecular weight is 527 g/mol. The van der Waals surface area contributed by atoms with Crippen LogP contribution in [-0.4, -0.2) is 85.9 Å². The SMILES string of the molecule is COc1cc(Nc2ncnc(-c3ccc(OC4CCN(C(=O)C(O)CO)CC4(F)F)c(C#N)c3)n2)ccn1. The third-order valence-corrected chi connectivity index (χ3v) is 5.70. The minimum absolute atomic E-state index is 0.0127. The number of pyridine rings is 1. The number of rotatable bonds is 8. The largest absolute Gasteiger partial charge is 0.483 e. The number of carbonyl (C=O) groups is 1. The van der Waals surface area contributed by atoms with Gasteiger partial charge in [0.2, 0.25) is 11.8 Å². The second-order valence-electron chi connectivity index (χ2n) is 8.28. The van der Waals surface area contributed by atoms with E-state index in [0.717, 1.165) is 4.90 Å². The number of likely N-dealkylation sites (tertiary alicyclic amines) is 1. The van der Waals surface area contributed by atoms with Crippen LogP contribution in [0.2, 0.25) is 0 Å². The first-order chi connectivity index (χ1) is 18.2. The Morgan fingerprint density at radius 1 is 1.32 bits per heavy atom. The zero-order chi connectivity index (χ0) is 27.3. The topological polar surface area (TPSA) is 167 Å². The van der Waals surface area contributed by atoms with Gasteiger partial charge in [-0.15, -0.1) is 0 Å². The molecule has 1 aliphatic rings. The number of hydrogen-bond acceptors (Lipinski definition) is 11. The van der Waals surface area contributed by atoms with E-state index < -0.39 is 37.2 Å². The third kappa shape index (κ3) is 5.90. The molecular weight excluding hydrogens is 504 g/mol. The van der Waals surface area contributed by atoms with Gasteiger partial charge < -0.3 is 29.9 Å². The fourth-order valence-electron chi connectivity index (χ4n) is 3.78. The van der Waals surface area contributed by atoms with Gasteiger partial charge >= 0.3 is 5.92 Å². The molecule has 1 saturated heterocycles. The first kappa shape index (κ1) is 26.6. The monoisotopic (exact) mass is 527 g/mol. The predicted molar refractivity (Wildman–Crippen MR) is 128 cm³/mol. The lowest BCUT2D eigenvalue weighted by molar-refractivity contribution is -0.167. The molecule has 1 aliphatic heterocycles. The number of nitriles is 1. The van der Waals surface area contributed by atoms with E-state index in [1.807, 2.05) is 6.07 Å². The fraction of sp³-hybridized carbons (Fsp3) is 0.333. The number of halogens is 2. The highest BCUT2D eigenvalue weighted by Gasteiger charge is 2.48. The van der Waals surface area contributed by atoms with Crippen molar-refractivity contribution >= 4 is 17.5 Å². The molecule has 1 aromatic carbocycles. The number of piperidine rings is 1. The van der Waals surface area contributed by atoms with E-state index in [1.165, 1.54) is 31.6 Å². The van der Waals surface area contributed by atoms with E-state index in [9.17, 15) is 23.9 Å². The second kappa shape index (κ2) is 11.3. The van der Waals surface area contributed by atoms with Crippen LogP contribution in [0.25, 0.3) is 11.4 Å².